The number of methoxy groups -OCH3 is 1. The van der Waals surface area contributed by atoms with Gasteiger partial charge in [0, 0.05) is 11.6 Å². The molecule has 2 aliphatic rings. The molecule has 0 bridgehead atoms. The molecule has 1 aliphatic heterocycles. The first-order valence-corrected chi connectivity index (χ1v) is 7.97. The molecule has 1 aliphatic carbocycles. The topological polar surface area (TPSA) is 41.6 Å². The summed E-state index contributed by atoms with van der Waals surface area (Å²) in [5.41, 5.74) is 1.07. The molecule has 1 saturated heterocycles. The highest BCUT2D eigenvalue weighted by atomic mass is 16.5. The van der Waals surface area contributed by atoms with Gasteiger partial charge in [0.1, 0.15) is 11.9 Å². The van der Waals surface area contributed by atoms with Crippen LogP contribution in [0.15, 0.2) is 24.3 Å². The molecular formula is C17H24N2O2. The minimum absolute atomic E-state index is 0.0540. The van der Waals surface area contributed by atoms with Crippen LogP contribution in [0, 0.1) is 0 Å². The molecule has 114 valence electrons. The third kappa shape index (κ3) is 2.53. The lowest BCUT2D eigenvalue weighted by Crippen LogP contribution is -2.38. The number of amides is 1. The Labute approximate surface area is 126 Å². The molecule has 0 radical (unpaired) electrons. The first kappa shape index (κ1) is 14.4. The van der Waals surface area contributed by atoms with Gasteiger partial charge in [0.05, 0.1) is 13.2 Å². The van der Waals surface area contributed by atoms with E-state index >= 15 is 0 Å². The van der Waals surface area contributed by atoms with Gasteiger partial charge in [-0.15, -0.1) is 0 Å². The van der Waals surface area contributed by atoms with E-state index in [1.54, 1.807) is 7.11 Å². The van der Waals surface area contributed by atoms with Crippen molar-refractivity contribution in [3.05, 3.63) is 29.8 Å². The molecule has 21 heavy (non-hydrogen) atoms. The van der Waals surface area contributed by atoms with Gasteiger partial charge in [-0.05, 0) is 25.3 Å². The first-order valence-electron chi connectivity index (χ1n) is 7.97. The standard InChI is InChI=1S/C17H24N2O2/c1-3-14-17(20)19(12-8-4-5-9-12)16(18-14)13-10-6-7-11-15(13)21-2/h6-7,10-12,14,16,18H,3-5,8-9H2,1-2H3. The summed E-state index contributed by atoms with van der Waals surface area (Å²) in [7, 11) is 1.69. The van der Waals surface area contributed by atoms with Crippen molar-refractivity contribution in [3.63, 3.8) is 0 Å². The highest BCUT2D eigenvalue weighted by Crippen LogP contribution is 2.37. The minimum Gasteiger partial charge on any atom is -0.496 e. The maximum Gasteiger partial charge on any atom is 0.241 e. The second-order valence-electron chi connectivity index (χ2n) is 5.96. The first-order chi connectivity index (χ1) is 10.3. The fourth-order valence-corrected chi connectivity index (χ4v) is 3.65. The van der Waals surface area contributed by atoms with Crippen LogP contribution in [0.2, 0.25) is 0 Å². The molecule has 1 N–H and O–H groups in total. The fourth-order valence-electron chi connectivity index (χ4n) is 3.65. The van der Waals surface area contributed by atoms with E-state index in [0.29, 0.717) is 6.04 Å². The van der Waals surface area contributed by atoms with Crippen molar-refractivity contribution in [2.75, 3.05) is 7.11 Å². The molecule has 0 aromatic heterocycles. The van der Waals surface area contributed by atoms with Crippen LogP contribution in [0.25, 0.3) is 0 Å². The van der Waals surface area contributed by atoms with Gasteiger partial charge in [-0.1, -0.05) is 38.0 Å². The van der Waals surface area contributed by atoms with Gasteiger partial charge in [0.2, 0.25) is 5.91 Å². The van der Waals surface area contributed by atoms with Crippen LogP contribution in [0.5, 0.6) is 5.75 Å². The van der Waals surface area contributed by atoms with Crippen LogP contribution in [0.3, 0.4) is 0 Å². The summed E-state index contributed by atoms with van der Waals surface area (Å²) in [6.07, 6.45) is 5.47. The van der Waals surface area contributed by atoms with Gasteiger partial charge in [-0.25, -0.2) is 0 Å². The van der Waals surface area contributed by atoms with E-state index in [1.807, 2.05) is 18.2 Å². The summed E-state index contributed by atoms with van der Waals surface area (Å²) in [6, 6.07) is 8.31. The Morgan fingerprint density at radius 2 is 2.00 bits per heavy atom. The number of carbonyl (C=O) groups excluding carboxylic acids is 1. The van der Waals surface area contributed by atoms with Crippen molar-refractivity contribution >= 4 is 5.91 Å². The molecule has 1 aromatic rings. The zero-order valence-corrected chi connectivity index (χ0v) is 12.8. The quantitative estimate of drug-likeness (QED) is 0.926. The molecule has 1 amide bonds. The minimum atomic E-state index is -0.0690. The van der Waals surface area contributed by atoms with Gasteiger partial charge >= 0.3 is 0 Å². The fraction of sp³-hybridized carbons (Fsp3) is 0.588. The van der Waals surface area contributed by atoms with E-state index in [1.165, 1.54) is 12.8 Å². The van der Waals surface area contributed by atoms with Crippen LogP contribution in [-0.2, 0) is 4.79 Å². The maximum absolute atomic E-state index is 12.7. The van der Waals surface area contributed by atoms with Crippen molar-refractivity contribution < 1.29 is 9.53 Å². The Morgan fingerprint density at radius 3 is 2.67 bits per heavy atom. The molecule has 4 heteroatoms. The van der Waals surface area contributed by atoms with E-state index in [2.05, 4.69) is 23.2 Å². The van der Waals surface area contributed by atoms with Crippen LogP contribution in [0.1, 0.15) is 50.8 Å². The summed E-state index contributed by atoms with van der Waals surface area (Å²) in [5.74, 6) is 1.10. The van der Waals surface area contributed by atoms with Crippen LogP contribution < -0.4 is 10.1 Å². The summed E-state index contributed by atoms with van der Waals surface area (Å²) in [5, 5.41) is 3.50. The predicted molar refractivity (Wildman–Crippen MR) is 82.1 cm³/mol. The van der Waals surface area contributed by atoms with Crippen molar-refractivity contribution in [1.82, 2.24) is 10.2 Å². The number of rotatable bonds is 4. The predicted octanol–water partition coefficient (Wildman–Crippen LogP) is 2.85. The third-order valence-electron chi connectivity index (χ3n) is 4.75. The Hall–Kier alpha value is -1.55. The maximum atomic E-state index is 12.7. The third-order valence-corrected chi connectivity index (χ3v) is 4.75. The summed E-state index contributed by atoms with van der Waals surface area (Å²) >= 11 is 0. The highest BCUT2D eigenvalue weighted by Gasteiger charge is 2.43. The Balaban J connectivity index is 1.95. The Morgan fingerprint density at radius 1 is 1.29 bits per heavy atom. The number of benzene rings is 1. The average Bonchev–Trinajstić information content (AvgIpc) is 3.14. The number of carbonyl (C=O) groups is 1. The number of hydrogen-bond donors (Lipinski definition) is 1. The zero-order valence-electron chi connectivity index (χ0n) is 12.8. The molecule has 2 atom stereocenters. The Kier molecular flexibility index (Phi) is 4.15. The molecule has 1 aromatic carbocycles. The van der Waals surface area contributed by atoms with Crippen molar-refractivity contribution in [3.8, 4) is 5.75 Å². The Bertz CT molecular complexity index is 511. The van der Waals surface area contributed by atoms with Crippen molar-refractivity contribution in [2.24, 2.45) is 0 Å². The average molecular weight is 288 g/mol. The van der Waals surface area contributed by atoms with Gasteiger partial charge in [-0.2, -0.15) is 0 Å². The monoisotopic (exact) mass is 288 g/mol. The van der Waals surface area contributed by atoms with Crippen molar-refractivity contribution in [2.45, 2.75) is 57.3 Å². The lowest BCUT2D eigenvalue weighted by atomic mass is 10.1. The van der Waals surface area contributed by atoms with Gasteiger partial charge in [0.25, 0.3) is 0 Å². The number of hydrogen-bond acceptors (Lipinski definition) is 3. The molecule has 0 spiro atoms. The number of ether oxygens (including phenoxy) is 1. The molecule has 3 rings (SSSR count). The lowest BCUT2D eigenvalue weighted by molar-refractivity contribution is -0.132. The van der Waals surface area contributed by atoms with Gasteiger partial charge < -0.3 is 9.64 Å². The smallest absolute Gasteiger partial charge is 0.241 e. The summed E-state index contributed by atoms with van der Waals surface area (Å²) < 4.78 is 5.49. The van der Waals surface area contributed by atoms with E-state index in [9.17, 15) is 4.79 Å². The van der Waals surface area contributed by atoms with E-state index in [4.69, 9.17) is 4.74 Å². The summed E-state index contributed by atoms with van der Waals surface area (Å²) in [4.78, 5) is 14.8. The number of nitrogens with one attached hydrogen (secondary N) is 1. The SMILES string of the molecule is CCC1NC(c2ccccc2OC)N(C2CCCC2)C1=O. The second kappa shape index (κ2) is 6.06. The zero-order chi connectivity index (χ0) is 14.8. The van der Waals surface area contributed by atoms with E-state index < -0.39 is 0 Å². The molecule has 1 heterocycles. The molecule has 1 saturated carbocycles. The second-order valence-corrected chi connectivity index (χ2v) is 5.96. The van der Waals surface area contributed by atoms with Crippen LogP contribution >= 0.6 is 0 Å². The van der Waals surface area contributed by atoms with Crippen LogP contribution in [0.4, 0.5) is 0 Å². The van der Waals surface area contributed by atoms with Gasteiger partial charge in [0.15, 0.2) is 0 Å². The molecular weight excluding hydrogens is 264 g/mol. The van der Waals surface area contributed by atoms with E-state index in [0.717, 1.165) is 30.6 Å². The van der Waals surface area contributed by atoms with Gasteiger partial charge in [-0.3, -0.25) is 10.1 Å². The lowest BCUT2D eigenvalue weighted by Gasteiger charge is -2.31. The highest BCUT2D eigenvalue weighted by molar-refractivity contribution is 5.85. The molecule has 2 fully saturated rings. The van der Waals surface area contributed by atoms with E-state index in [-0.39, 0.29) is 18.1 Å². The molecule has 4 nitrogen and oxygen atoms in total. The summed E-state index contributed by atoms with van der Waals surface area (Å²) in [6.45, 7) is 2.06. The largest absolute Gasteiger partial charge is 0.496 e. The number of nitrogens with zero attached hydrogens (tertiary/aromatic N) is 1. The van der Waals surface area contributed by atoms with Crippen LogP contribution in [-0.4, -0.2) is 30.0 Å². The normalized spacial score (nSPS) is 26.6. The molecule has 2 unspecified atom stereocenters. The van der Waals surface area contributed by atoms with Crippen molar-refractivity contribution in [1.29, 1.82) is 0 Å². The number of para-hydroxylation sites is 1.